The van der Waals surface area contributed by atoms with Crippen molar-refractivity contribution in [2.24, 2.45) is 5.92 Å². The Hall–Kier alpha value is -3.19. The molecule has 38 heavy (non-hydrogen) atoms. The summed E-state index contributed by atoms with van der Waals surface area (Å²) < 4.78 is 5.65. The fraction of sp³-hybridized carbons (Fsp3) is 0.467. The molecule has 2 heterocycles. The molecule has 1 aliphatic heterocycles. The number of likely N-dealkylation sites (tertiary alicyclic amines) is 1. The summed E-state index contributed by atoms with van der Waals surface area (Å²) in [5.41, 5.74) is 1.81. The summed E-state index contributed by atoms with van der Waals surface area (Å²) in [6.45, 7) is 5.23. The Kier molecular flexibility index (Phi) is 9.93. The minimum atomic E-state index is -0.305. The van der Waals surface area contributed by atoms with Crippen LogP contribution in [0.3, 0.4) is 0 Å². The van der Waals surface area contributed by atoms with Crippen molar-refractivity contribution in [2.45, 2.75) is 71.4 Å². The highest BCUT2D eigenvalue weighted by Crippen LogP contribution is 2.32. The average Bonchev–Trinajstić information content (AvgIpc) is 3.44. The van der Waals surface area contributed by atoms with Gasteiger partial charge in [-0.15, -0.1) is 0 Å². The minimum Gasteiger partial charge on any atom is -0.337 e. The molecule has 2 aromatic carbocycles. The number of aromatic nitrogens is 2. The SMILES string of the molecule is CCCC[C@@H](CC)C(=O)N(CC(=O)N1CCCC[C@@H]1c1nc(-c2ccc(Cl)cc2)no1)Cc1ccccc1. The first-order chi connectivity index (χ1) is 18.5. The third-order valence-corrected chi connectivity index (χ3v) is 7.51. The fourth-order valence-corrected chi connectivity index (χ4v) is 5.18. The van der Waals surface area contributed by atoms with Gasteiger partial charge in [0.25, 0.3) is 0 Å². The predicted octanol–water partition coefficient (Wildman–Crippen LogP) is 6.69. The van der Waals surface area contributed by atoms with Crippen LogP contribution < -0.4 is 0 Å². The van der Waals surface area contributed by atoms with Gasteiger partial charge < -0.3 is 14.3 Å². The Bertz CT molecular complexity index is 1180. The lowest BCUT2D eigenvalue weighted by Gasteiger charge is -2.35. The van der Waals surface area contributed by atoms with Crippen LogP contribution in [0.15, 0.2) is 59.1 Å². The van der Waals surface area contributed by atoms with Crippen LogP contribution in [0.4, 0.5) is 0 Å². The maximum atomic E-state index is 13.8. The summed E-state index contributed by atoms with van der Waals surface area (Å²) in [5, 5.41) is 4.80. The molecule has 0 radical (unpaired) electrons. The zero-order valence-electron chi connectivity index (χ0n) is 22.3. The lowest BCUT2D eigenvalue weighted by molar-refractivity contribution is -0.146. The van der Waals surface area contributed by atoms with Crippen LogP contribution in [0.25, 0.3) is 11.4 Å². The summed E-state index contributed by atoms with van der Waals surface area (Å²) in [5.74, 6) is 0.780. The van der Waals surface area contributed by atoms with Crippen LogP contribution >= 0.6 is 11.6 Å². The molecule has 4 rings (SSSR count). The molecule has 2 amide bonds. The summed E-state index contributed by atoms with van der Waals surface area (Å²) in [6, 6.07) is 16.8. The molecule has 1 fully saturated rings. The van der Waals surface area contributed by atoms with Gasteiger partial charge in [-0.25, -0.2) is 0 Å². The number of hydrogen-bond donors (Lipinski definition) is 0. The lowest BCUT2D eigenvalue weighted by atomic mass is 9.97. The summed E-state index contributed by atoms with van der Waals surface area (Å²) in [4.78, 5) is 35.6. The number of benzene rings is 2. The number of unbranched alkanes of at least 4 members (excludes halogenated alkanes) is 1. The highest BCUT2D eigenvalue weighted by atomic mass is 35.5. The number of hydrogen-bond acceptors (Lipinski definition) is 5. The van der Waals surface area contributed by atoms with Crippen molar-refractivity contribution in [3.05, 3.63) is 71.1 Å². The summed E-state index contributed by atoms with van der Waals surface area (Å²) in [7, 11) is 0. The van der Waals surface area contributed by atoms with E-state index in [1.165, 1.54) is 0 Å². The minimum absolute atomic E-state index is 0.0328. The molecule has 0 unspecified atom stereocenters. The number of rotatable bonds is 11. The van der Waals surface area contributed by atoms with E-state index < -0.39 is 0 Å². The molecule has 202 valence electrons. The molecule has 0 spiro atoms. The van der Waals surface area contributed by atoms with E-state index in [-0.39, 0.29) is 30.3 Å². The standard InChI is InChI=1S/C30H37ClN4O3/c1-3-5-13-23(4-2)30(37)34(20-22-11-7-6-8-12-22)21-27(36)35-19-10-9-14-26(35)29-32-28(33-38-29)24-15-17-25(31)18-16-24/h6-8,11-12,15-18,23,26H,3-5,9-10,13-14,19-21H2,1-2H3/t23-,26-/m1/s1. The second kappa shape index (κ2) is 13.6. The van der Waals surface area contributed by atoms with Crippen LogP contribution in [-0.2, 0) is 16.1 Å². The van der Waals surface area contributed by atoms with E-state index in [0.717, 1.165) is 56.1 Å². The van der Waals surface area contributed by atoms with Crippen molar-refractivity contribution in [2.75, 3.05) is 13.1 Å². The number of carbonyl (C=O) groups is 2. The van der Waals surface area contributed by atoms with Gasteiger partial charge in [0.15, 0.2) is 0 Å². The molecule has 0 N–H and O–H groups in total. The smallest absolute Gasteiger partial charge is 0.249 e. The molecular formula is C30H37ClN4O3. The monoisotopic (exact) mass is 536 g/mol. The molecular weight excluding hydrogens is 500 g/mol. The third-order valence-electron chi connectivity index (χ3n) is 7.25. The molecule has 7 nitrogen and oxygen atoms in total. The molecule has 1 aliphatic rings. The molecule has 0 aliphatic carbocycles. The van der Waals surface area contributed by atoms with E-state index in [0.29, 0.717) is 29.8 Å². The number of piperidine rings is 1. The first kappa shape index (κ1) is 27.8. The molecule has 1 aromatic heterocycles. The van der Waals surface area contributed by atoms with Gasteiger partial charge in [-0.05, 0) is 61.9 Å². The quantitative estimate of drug-likeness (QED) is 0.273. The van der Waals surface area contributed by atoms with Gasteiger partial charge in [-0.1, -0.05) is 73.8 Å². The number of amides is 2. The second-order valence-electron chi connectivity index (χ2n) is 9.99. The van der Waals surface area contributed by atoms with Crippen molar-refractivity contribution >= 4 is 23.4 Å². The Labute approximate surface area is 230 Å². The topological polar surface area (TPSA) is 79.5 Å². The van der Waals surface area contributed by atoms with Gasteiger partial charge in [-0.3, -0.25) is 9.59 Å². The third kappa shape index (κ3) is 7.01. The van der Waals surface area contributed by atoms with Gasteiger partial charge in [-0.2, -0.15) is 4.98 Å². The average molecular weight is 537 g/mol. The van der Waals surface area contributed by atoms with Gasteiger partial charge >= 0.3 is 0 Å². The Morgan fingerprint density at radius 1 is 1.11 bits per heavy atom. The van der Waals surface area contributed by atoms with Crippen molar-refractivity contribution in [1.82, 2.24) is 19.9 Å². The molecule has 8 heteroatoms. The highest BCUT2D eigenvalue weighted by Gasteiger charge is 2.34. The summed E-state index contributed by atoms with van der Waals surface area (Å²) in [6.07, 6.45) is 6.26. The van der Waals surface area contributed by atoms with Crippen molar-refractivity contribution in [3.63, 3.8) is 0 Å². The van der Waals surface area contributed by atoms with Crippen molar-refractivity contribution in [1.29, 1.82) is 0 Å². The lowest BCUT2D eigenvalue weighted by Crippen LogP contribution is -2.47. The Morgan fingerprint density at radius 2 is 1.87 bits per heavy atom. The van der Waals surface area contributed by atoms with Crippen LogP contribution in [-0.4, -0.2) is 44.8 Å². The van der Waals surface area contributed by atoms with E-state index in [9.17, 15) is 9.59 Å². The Morgan fingerprint density at radius 3 is 2.58 bits per heavy atom. The van der Waals surface area contributed by atoms with Crippen LogP contribution in [0, 0.1) is 5.92 Å². The normalized spacial score (nSPS) is 16.3. The van der Waals surface area contributed by atoms with Gasteiger partial charge in [0.2, 0.25) is 23.5 Å². The molecule has 0 saturated carbocycles. The van der Waals surface area contributed by atoms with Crippen LogP contribution in [0.1, 0.15) is 76.3 Å². The number of carbonyl (C=O) groups excluding carboxylic acids is 2. The zero-order valence-corrected chi connectivity index (χ0v) is 23.1. The maximum absolute atomic E-state index is 13.8. The maximum Gasteiger partial charge on any atom is 0.249 e. The molecule has 1 saturated heterocycles. The van der Waals surface area contributed by atoms with E-state index in [4.69, 9.17) is 16.1 Å². The van der Waals surface area contributed by atoms with Gasteiger partial charge in [0.05, 0.1) is 0 Å². The number of nitrogens with zero attached hydrogens (tertiary/aromatic N) is 4. The van der Waals surface area contributed by atoms with Gasteiger partial charge in [0.1, 0.15) is 12.6 Å². The second-order valence-corrected chi connectivity index (χ2v) is 10.4. The first-order valence-corrected chi connectivity index (χ1v) is 14.1. The largest absolute Gasteiger partial charge is 0.337 e. The van der Waals surface area contributed by atoms with Crippen LogP contribution in [0.2, 0.25) is 5.02 Å². The van der Waals surface area contributed by atoms with E-state index in [2.05, 4.69) is 24.0 Å². The van der Waals surface area contributed by atoms with E-state index in [1.807, 2.05) is 47.4 Å². The van der Waals surface area contributed by atoms with Gasteiger partial charge in [0, 0.05) is 29.6 Å². The number of halogens is 1. The Balaban J connectivity index is 1.53. The van der Waals surface area contributed by atoms with E-state index >= 15 is 0 Å². The molecule has 3 aromatic rings. The first-order valence-electron chi connectivity index (χ1n) is 13.7. The predicted molar refractivity (Wildman–Crippen MR) is 148 cm³/mol. The molecule has 2 atom stereocenters. The van der Waals surface area contributed by atoms with Crippen molar-refractivity contribution in [3.8, 4) is 11.4 Å². The zero-order chi connectivity index (χ0) is 26.9. The summed E-state index contributed by atoms with van der Waals surface area (Å²) >= 11 is 6.01. The highest BCUT2D eigenvalue weighted by molar-refractivity contribution is 6.30. The van der Waals surface area contributed by atoms with Crippen LogP contribution in [0.5, 0.6) is 0 Å². The van der Waals surface area contributed by atoms with Crippen molar-refractivity contribution < 1.29 is 14.1 Å². The van der Waals surface area contributed by atoms with E-state index in [1.54, 1.807) is 17.0 Å². The fourth-order valence-electron chi connectivity index (χ4n) is 5.05. The molecule has 0 bridgehead atoms.